The summed E-state index contributed by atoms with van der Waals surface area (Å²) in [4.78, 5) is 5.95. The average Bonchev–Trinajstić information content (AvgIpc) is 2.51. The van der Waals surface area contributed by atoms with Gasteiger partial charge in [-0.1, -0.05) is 12.1 Å². The van der Waals surface area contributed by atoms with Crippen molar-refractivity contribution in [2.45, 2.75) is 38.7 Å². The van der Waals surface area contributed by atoms with Crippen LogP contribution in [0.2, 0.25) is 0 Å². The lowest BCUT2D eigenvalue weighted by Crippen LogP contribution is -2.42. The molecule has 27 heavy (non-hydrogen) atoms. The van der Waals surface area contributed by atoms with Crippen molar-refractivity contribution < 1.29 is 21.9 Å². The van der Waals surface area contributed by atoms with E-state index in [9.17, 15) is 17.2 Å². The molecule has 1 aromatic carbocycles. The molecule has 0 unspecified atom stereocenters. The third-order valence-electron chi connectivity index (χ3n) is 3.73. The summed E-state index contributed by atoms with van der Waals surface area (Å²) in [5.74, 6) is 0.645. The maximum atomic E-state index is 12.2. The van der Waals surface area contributed by atoms with Gasteiger partial charge in [-0.2, -0.15) is 8.78 Å². The van der Waals surface area contributed by atoms with Crippen LogP contribution in [0, 0.1) is 0 Å². The van der Waals surface area contributed by atoms with Crippen molar-refractivity contribution in [1.82, 2.24) is 10.2 Å². The Morgan fingerprint density at radius 1 is 1.26 bits per heavy atom. The molecule has 0 aliphatic carbocycles. The number of hydrogen-bond acceptors (Lipinski definition) is 4. The first-order valence-corrected chi connectivity index (χ1v) is 9.79. The van der Waals surface area contributed by atoms with Gasteiger partial charge in [0.2, 0.25) is 0 Å². The lowest BCUT2D eigenvalue weighted by atomic mass is 10.2. The fourth-order valence-corrected chi connectivity index (χ4v) is 3.10. The van der Waals surface area contributed by atoms with Crippen molar-refractivity contribution in [2.75, 3.05) is 26.4 Å². The average molecular weight is 519 g/mol. The van der Waals surface area contributed by atoms with E-state index in [2.05, 4.69) is 15.0 Å². The normalized spacial score (nSPS) is 12.5. The maximum Gasteiger partial charge on any atom is 0.387 e. The molecule has 0 amide bonds. The topological polar surface area (TPSA) is 71.0 Å². The molecule has 0 fully saturated rings. The van der Waals surface area contributed by atoms with E-state index in [4.69, 9.17) is 0 Å². The summed E-state index contributed by atoms with van der Waals surface area (Å²) in [5, 5.41) is 3.03. The Morgan fingerprint density at radius 2 is 1.81 bits per heavy atom. The molecular weight excluding hydrogens is 491 g/mol. The molecule has 0 saturated heterocycles. The Balaban J connectivity index is 0.00000676. The second kappa shape index (κ2) is 11.0. The molecule has 10 heteroatoms. The predicted molar refractivity (Wildman–Crippen MR) is 115 cm³/mol. The quantitative estimate of drug-likeness (QED) is 0.341. The van der Waals surface area contributed by atoms with E-state index in [1.54, 1.807) is 47.0 Å². The molecule has 1 N–H and O–H groups in total. The van der Waals surface area contributed by atoms with E-state index in [0.717, 1.165) is 5.56 Å². The van der Waals surface area contributed by atoms with Gasteiger partial charge in [0.05, 0.1) is 10.5 Å². The first-order valence-electron chi connectivity index (χ1n) is 8.14. The Bertz CT molecular complexity index is 705. The number of nitrogens with zero attached hydrogens (tertiary/aromatic N) is 2. The smallest absolute Gasteiger partial charge is 0.387 e. The van der Waals surface area contributed by atoms with Crippen LogP contribution >= 0.6 is 24.0 Å². The van der Waals surface area contributed by atoms with Crippen molar-refractivity contribution >= 4 is 39.8 Å². The molecule has 0 atom stereocenters. The summed E-state index contributed by atoms with van der Waals surface area (Å²) < 4.78 is 52.1. The first kappa shape index (κ1) is 25.8. The number of hydrogen-bond donors (Lipinski definition) is 1. The van der Waals surface area contributed by atoms with E-state index < -0.39 is 21.2 Å². The minimum Gasteiger partial charge on any atom is -0.435 e. The second-order valence-electron chi connectivity index (χ2n) is 6.78. The molecule has 0 heterocycles. The number of aliphatic imine (C=N–C) groups is 1. The Morgan fingerprint density at radius 3 is 2.26 bits per heavy atom. The molecule has 1 rings (SSSR count). The first-order chi connectivity index (χ1) is 12.0. The second-order valence-corrected chi connectivity index (χ2v) is 9.65. The zero-order valence-corrected chi connectivity index (χ0v) is 19.3. The van der Waals surface area contributed by atoms with E-state index in [-0.39, 0.29) is 42.0 Å². The number of rotatable bonds is 7. The highest BCUT2D eigenvalue weighted by Gasteiger charge is 2.28. The molecule has 0 aromatic heterocycles. The minimum absolute atomic E-state index is 0. The van der Waals surface area contributed by atoms with Gasteiger partial charge in [-0.15, -0.1) is 24.0 Å². The number of alkyl halides is 2. The number of halogens is 3. The van der Waals surface area contributed by atoms with Crippen LogP contribution in [0.3, 0.4) is 0 Å². The Hall–Kier alpha value is -1.17. The molecule has 0 aliphatic heterocycles. The summed E-state index contributed by atoms with van der Waals surface area (Å²) in [6, 6.07) is 6.32. The van der Waals surface area contributed by atoms with Crippen LogP contribution in [0.4, 0.5) is 8.78 Å². The van der Waals surface area contributed by atoms with Gasteiger partial charge in [-0.25, -0.2) is 8.42 Å². The van der Waals surface area contributed by atoms with Gasteiger partial charge in [0, 0.05) is 27.2 Å². The molecular formula is C17H28F2IN3O3S. The number of sulfone groups is 1. The zero-order valence-electron chi connectivity index (χ0n) is 16.2. The number of nitrogens with one attached hydrogen (secondary N) is 1. The zero-order chi connectivity index (χ0) is 20.0. The lowest BCUT2D eigenvalue weighted by Gasteiger charge is -2.24. The van der Waals surface area contributed by atoms with E-state index >= 15 is 0 Å². The fourth-order valence-electron chi connectivity index (χ4n) is 2.11. The SMILES string of the molecule is CN=C(NCCS(=O)(=O)C(C)(C)C)N(C)Cc1ccc(OC(F)F)cc1.I. The van der Waals surface area contributed by atoms with Crippen LogP contribution in [-0.2, 0) is 16.4 Å². The number of ether oxygens (including phenoxy) is 1. The molecule has 6 nitrogen and oxygen atoms in total. The number of benzene rings is 1. The summed E-state index contributed by atoms with van der Waals surface area (Å²) >= 11 is 0. The monoisotopic (exact) mass is 519 g/mol. The van der Waals surface area contributed by atoms with Gasteiger partial charge in [0.25, 0.3) is 0 Å². The molecule has 0 aliphatic rings. The van der Waals surface area contributed by atoms with Crippen molar-refractivity contribution in [3.63, 3.8) is 0 Å². The standard InChI is InChI=1S/C17H27F2N3O3S.HI/c1-17(2,3)26(23,24)11-10-21-16(20-4)22(5)12-13-6-8-14(9-7-13)25-15(18)19;/h6-9,15H,10-12H2,1-5H3,(H,20,21);1H. The van der Waals surface area contributed by atoms with Crippen LogP contribution in [0.15, 0.2) is 29.3 Å². The summed E-state index contributed by atoms with van der Waals surface area (Å²) in [5.41, 5.74) is 0.874. The Kier molecular flexibility index (Phi) is 10.5. The molecule has 0 spiro atoms. The van der Waals surface area contributed by atoms with Crippen molar-refractivity contribution in [3.05, 3.63) is 29.8 Å². The van der Waals surface area contributed by atoms with Crippen molar-refractivity contribution in [1.29, 1.82) is 0 Å². The third-order valence-corrected chi connectivity index (χ3v) is 6.34. The van der Waals surface area contributed by atoms with Gasteiger partial charge >= 0.3 is 6.61 Å². The van der Waals surface area contributed by atoms with Crippen LogP contribution in [0.25, 0.3) is 0 Å². The van der Waals surface area contributed by atoms with Crippen molar-refractivity contribution in [2.24, 2.45) is 4.99 Å². The maximum absolute atomic E-state index is 12.2. The van der Waals surface area contributed by atoms with Crippen LogP contribution in [0.5, 0.6) is 5.75 Å². The summed E-state index contributed by atoms with van der Waals surface area (Å²) in [6.45, 7) is 2.88. The van der Waals surface area contributed by atoms with Crippen LogP contribution in [-0.4, -0.2) is 57.0 Å². The molecule has 156 valence electrons. The number of guanidine groups is 1. The minimum atomic E-state index is -3.21. The van der Waals surface area contributed by atoms with Gasteiger partial charge in [-0.3, -0.25) is 4.99 Å². The fraction of sp³-hybridized carbons (Fsp3) is 0.588. The van der Waals surface area contributed by atoms with E-state index in [0.29, 0.717) is 12.5 Å². The van der Waals surface area contributed by atoms with Gasteiger partial charge in [0.1, 0.15) is 5.75 Å². The predicted octanol–water partition coefficient (Wildman–Crippen LogP) is 3.13. The molecule has 1 aromatic rings. The lowest BCUT2D eigenvalue weighted by molar-refractivity contribution is -0.0498. The van der Waals surface area contributed by atoms with E-state index in [1.807, 2.05) is 4.90 Å². The van der Waals surface area contributed by atoms with Crippen molar-refractivity contribution in [3.8, 4) is 5.75 Å². The van der Waals surface area contributed by atoms with Gasteiger partial charge in [-0.05, 0) is 38.5 Å². The highest BCUT2D eigenvalue weighted by atomic mass is 127. The highest BCUT2D eigenvalue weighted by molar-refractivity contribution is 14.0. The molecule has 0 saturated carbocycles. The molecule has 0 bridgehead atoms. The van der Waals surface area contributed by atoms with Crippen LogP contribution in [0.1, 0.15) is 26.3 Å². The molecule has 0 radical (unpaired) electrons. The van der Waals surface area contributed by atoms with Crippen LogP contribution < -0.4 is 10.1 Å². The third kappa shape index (κ3) is 8.58. The summed E-state index contributed by atoms with van der Waals surface area (Å²) in [7, 11) is 0.198. The van der Waals surface area contributed by atoms with Gasteiger partial charge in [0.15, 0.2) is 15.8 Å². The summed E-state index contributed by atoms with van der Waals surface area (Å²) in [6.07, 6.45) is 0. The largest absolute Gasteiger partial charge is 0.435 e. The van der Waals surface area contributed by atoms with E-state index in [1.165, 1.54) is 12.1 Å². The Labute approximate surface area is 177 Å². The van der Waals surface area contributed by atoms with Gasteiger partial charge < -0.3 is 15.0 Å². The highest BCUT2D eigenvalue weighted by Crippen LogP contribution is 2.16.